The molecule has 0 aromatic heterocycles. The topological polar surface area (TPSA) is 78.4 Å². The molecule has 1 rings (SSSR count). The lowest BCUT2D eigenvalue weighted by atomic mass is 10.2. The van der Waals surface area contributed by atoms with Gasteiger partial charge in [0.05, 0.1) is 6.10 Å². The summed E-state index contributed by atoms with van der Waals surface area (Å²) in [6.45, 7) is 3.33. The van der Waals surface area contributed by atoms with Gasteiger partial charge in [-0.05, 0) is 31.5 Å². The molecule has 1 unspecified atom stereocenters. The quantitative estimate of drug-likeness (QED) is 0.720. The molecular formula is C12H15ClN2O3. The van der Waals surface area contributed by atoms with Crippen molar-refractivity contribution in [3.63, 3.8) is 0 Å². The predicted molar refractivity (Wildman–Crippen MR) is 69.5 cm³/mol. The van der Waals surface area contributed by atoms with Crippen molar-refractivity contribution in [2.75, 3.05) is 11.9 Å². The van der Waals surface area contributed by atoms with Crippen molar-refractivity contribution >= 4 is 29.1 Å². The van der Waals surface area contributed by atoms with Gasteiger partial charge >= 0.3 is 11.8 Å². The highest BCUT2D eigenvalue weighted by atomic mass is 35.5. The van der Waals surface area contributed by atoms with E-state index in [1.54, 1.807) is 25.1 Å². The van der Waals surface area contributed by atoms with Crippen molar-refractivity contribution in [3.05, 3.63) is 28.8 Å². The molecule has 0 radical (unpaired) electrons. The lowest BCUT2D eigenvalue weighted by molar-refractivity contribution is -0.136. The Hall–Kier alpha value is -1.59. The Kier molecular flexibility index (Phi) is 5.12. The van der Waals surface area contributed by atoms with Gasteiger partial charge in [-0.3, -0.25) is 9.59 Å². The van der Waals surface area contributed by atoms with Crippen LogP contribution in [0.5, 0.6) is 0 Å². The lowest BCUT2D eigenvalue weighted by Gasteiger charge is -2.09. The van der Waals surface area contributed by atoms with Crippen molar-refractivity contribution in [3.8, 4) is 0 Å². The number of aryl methyl sites for hydroxylation is 1. The number of hydrogen-bond donors (Lipinski definition) is 3. The number of benzene rings is 1. The second-order valence-electron chi connectivity index (χ2n) is 3.97. The van der Waals surface area contributed by atoms with Crippen LogP contribution in [0, 0.1) is 6.92 Å². The van der Waals surface area contributed by atoms with E-state index in [1.807, 2.05) is 0 Å². The summed E-state index contributed by atoms with van der Waals surface area (Å²) >= 11 is 5.80. The summed E-state index contributed by atoms with van der Waals surface area (Å²) in [4.78, 5) is 22.9. The highest BCUT2D eigenvalue weighted by Gasteiger charge is 2.14. The first-order valence-corrected chi connectivity index (χ1v) is 5.81. The maximum absolute atomic E-state index is 11.5. The zero-order valence-corrected chi connectivity index (χ0v) is 10.9. The number of carbonyl (C=O) groups excluding carboxylic acids is 2. The van der Waals surface area contributed by atoms with E-state index in [-0.39, 0.29) is 6.54 Å². The maximum Gasteiger partial charge on any atom is 0.313 e. The molecule has 1 aromatic carbocycles. The van der Waals surface area contributed by atoms with Gasteiger partial charge in [-0.15, -0.1) is 0 Å². The second-order valence-corrected chi connectivity index (χ2v) is 4.41. The second kappa shape index (κ2) is 6.37. The van der Waals surface area contributed by atoms with Crippen molar-refractivity contribution < 1.29 is 14.7 Å². The fourth-order valence-electron chi connectivity index (χ4n) is 1.23. The number of nitrogens with one attached hydrogen (secondary N) is 2. The molecule has 0 heterocycles. The van der Waals surface area contributed by atoms with E-state index in [4.69, 9.17) is 16.7 Å². The molecule has 0 bridgehead atoms. The molecule has 0 saturated heterocycles. The monoisotopic (exact) mass is 270 g/mol. The molecule has 0 aliphatic heterocycles. The van der Waals surface area contributed by atoms with E-state index in [0.717, 1.165) is 5.56 Å². The van der Waals surface area contributed by atoms with Crippen molar-refractivity contribution in [1.82, 2.24) is 5.32 Å². The minimum Gasteiger partial charge on any atom is -0.392 e. The third kappa shape index (κ3) is 4.35. The van der Waals surface area contributed by atoms with Gasteiger partial charge in [0.15, 0.2) is 0 Å². The Bertz CT molecular complexity index is 461. The van der Waals surface area contributed by atoms with Gasteiger partial charge in [-0.2, -0.15) is 0 Å². The normalized spacial score (nSPS) is 11.8. The van der Waals surface area contributed by atoms with Crippen LogP contribution in [0.1, 0.15) is 12.5 Å². The zero-order chi connectivity index (χ0) is 13.7. The number of halogens is 1. The molecule has 1 atom stereocenters. The predicted octanol–water partition coefficient (Wildman–Crippen LogP) is 1.08. The first-order chi connectivity index (χ1) is 8.40. The van der Waals surface area contributed by atoms with E-state index in [0.29, 0.717) is 10.7 Å². The number of rotatable bonds is 3. The lowest BCUT2D eigenvalue weighted by Crippen LogP contribution is -2.38. The Morgan fingerprint density at radius 3 is 2.67 bits per heavy atom. The maximum atomic E-state index is 11.5. The van der Waals surface area contributed by atoms with Gasteiger partial charge in [0, 0.05) is 17.3 Å². The Morgan fingerprint density at radius 2 is 2.06 bits per heavy atom. The molecule has 2 amide bonds. The standard InChI is InChI=1S/C12H15ClN2O3/c1-7-3-4-9(13)5-10(7)15-12(18)11(17)14-6-8(2)16/h3-5,8,16H,6H2,1-2H3,(H,14,17)(H,15,18). The minimum absolute atomic E-state index is 0.0286. The van der Waals surface area contributed by atoms with Crippen LogP contribution in [0.25, 0.3) is 0 Å². The van der Waals surface area contributed by atoms with E-state index in [1.165, 1.54) is 6.92 Å². The van der Waals surface area contributed by atoms with Crippen LogP contribution in [-0.2, 0) is 9.59 Å². The highest BCUT2D eigenvalue weighted by molar-refractivity contribution is 6.40. The fourth-order valence-corrected chi connectivity index (χ4v) is 1.40. The number of hydrogen-bond acceptors (Lipinski definition) is 3. The molecule has 6 heteroatoms. The van der Waals surface area contributed by atoms with Gasteiger partial charge in [0.2, 0.25) is 0 Å². The van der Waals surface area contributed by atoms with Gasteiger partial charge in [-0.1, -0.05) is 17.7 Å². The summed E-state index contributed by atoms with van der Waals surface area (Å²) in [5, 5.41) is 14.2. The van der Waals surface area contributed by atoms with Crippen LogP contribution in [0.15, 0.2) is 18.2 Å². The Labute approximate surface area is 110 Å². The van der Waals surface area contributed by atoms with Gasteiger partial charge in [0.1, 0.15) is 0 Å². The summed E-state index contributed by atoms with van der Waals surface area (Å²) in [6.07, 6.45) is -0.699. The smallest absolute Gasteiger partial charge is 0.313 e. The first-order valence-electron chi connectivity index (χ1n) is 5.43. The average Bonchev–Trinajstić information content (AvgIpc) is 2.30. The van der Waals surface area contributed by atoms with E-state index < -0.39 is 17.9 Å². The van der Waals surface area contributed by atoms with Crippen molar-refractivity contribution in [1.29, 1.82) is 0 Å². The van der Waals surface area contributed by atoms with Crippen LogP contribution >= 0.6 is 11.6 Å². The third-order valence-corrected chi connectivity index (χ3v) is 2.45. The van der Waals surface area contributed by atoms with Crippen LogP contribution < -0.4 is 10.6 Å². The SMILES string of the molecule is Cc1ccc(Cl)cc1NC(=O)C(=O)NCC(C)O. The molecule has 3 N–H and O–H groups in total. The minimum atomic E-state index is -0.796. The zero-order valence-electron chi connectivity index (χ0n) is 10.2. The van der Waals surface area contributed by atoms with Crippen molar-refractivity contribution in [2.45, 2.75) is 20.0 Å². The van der Waals surface area contributed by atoms with Crippen LogP contribution in [0.3, 0.4) is 0 Å². The summed E-state index contributed by atoms with van der Waals surface area (Å²) in [5.74, 6) is -1.59. The molecule has 18 heavy (non-hydrogen) atoms. The number of aliphatic hydroxyl groups is 1. The number of anilines is 1. The summed E-state index contributed by atoms with van der Waals surface area (Å²) in [5.41, 5.74) is 1.29. The first kappa shape index (κ1) is 14.5. The molecule has 5 nitrogen and oxygen atoms in total. The fraction of sp³-hybridized carbons (Fsp3) is 0.333. The summed E-state index contributed by atoms with van der Waals surface area (Å²) in [6, 6.07) is 5.00. The summed E-state index contributed by atoms with van der Waals surface area (Å²) < 4.78 is 0. The van der Waals surface area contributed by atoms with Gasteiger partial charge < -0.3 is 15.7 Å². The summed E-state index contributed by atoms with van der Waals surface area (Å²) in [7, 11) is 0. The molecule has 0 aliphatic rings. The van der Waals surface area contributed by atoms with Crippen LogP contribution in [-0.4, -0.2) is 29.6 Å². The molecule has 0 fully saturated rings. The van der Waals surface area contributed by atoms with Crippen LogP contribution in [0.2, 0.25) is 5.02 Å². The Morgan fingerprint density at radius 1 is 1.39 bits per heavy atom. The van der Waals surface area contributed by atoms with Gasteiger partial charge in [-0.25, -0.2) is 0 Å². The molecule has 1 aromatic rings. The van der Waals surface area contributed by atoms with E-state index in [2.05, 4.69) is 10.6 Å². The number of aliphatic hydroxyl groups excluding tert-OH is 1. The molecule has 0 saturated carbocycles. The molecule has 98 valence electrons. The van der Waals surface area contributed by atoms with Crippen LogP contribution in [0.4, 0.5) is 5.69 Å². The largest absolute Gasteiger partial charge is 0.392 e. The number of carbonyl (C=O) groups is 2. The van der Waals surface area contributed by atoms with Gasteiger partial charge in [0.25, 0.3) is 0 Å². The Balaban J connectivity index is 2.64. The van der Waals surface area contributed by atoms with E-state index in [9.17, 15) is 9.59 Å². The van der Waals surface area contributed by atoms with E-state index >= 15 is 0 Å². The average molecular weight is 271 g/mol. The third-order valence-electron chi connectivity index (χ3n) is 2.21. The number of amides is 2. The molecule has 0 spiro atoms. The highest BCUT2D eigenvalue weighted by Crippen LogP contribution is 2.19. The molecular weight excluding hydrogens is 256 g/mol. The van der Waals surface area contributed by atoms with Crippen molar-refractivity contribution in [2.24, 2.45) is 0 Å². The molecule has 0 aliphatic carbocycles.